The first kappa shape index (κ1) is 9.07. The van der Waals surface area contributed by atoms with Gasteiger partial charge in [0.25, 0.3) is 0 Å². The predicted molar refractivity (Wildman–Crippen MR) is 53.3 cm³/mol. The van der Waals surface area contributed by atoms with Gasteiger partial charge in [-0.25, -0.2) is 0 Å². The van der Waals surface area contributed by atoms with Crippen LogP contribution in [0.15, 0.2) is 35.2 Å². The van der Waals surface area contributed by atoms with Crippen molar-refractivity contribution in [1.82, 2.24) is 0 Å². The second-order valence-electron chi connectivity index (χ2n) is 2.27. The number of hydrogen-bond acceptors (Lipinski definition) is 2. The fraction of sp³-hybridized carbons (Fsp3) is 0.100. The summed E-state index contributed by atoms with van der Waals surface area (Å²) in [4.78, 5) is 11.3. The van der Waals surface area contributed by atoms with Crippen molar-refractivity contribution in [3.63, 3.8) is 0 Å². The molecule has 1 aromatic carbocycles. The van der Waals surface area contributed by atoms with Gasteiger partial charge in [-0.05, 0) is 30.0 Å². The predicted octanol–water partition coefficient (Wildman–Crippen LogP) is 2.62. The molecule has 0 aliphatic rings. The van der Waals surface area contributed by atoms with Crippen LogP contribution in [-0.4, -0.2) is 12.5 Å². The summed E-state index contributed by atoms with van der Waals surface area (Å²) in [5.41, 5.74) is 1.06. The lowest BCUT2D eigenvalue weighted by Crippen LogP contribution is -1.73. The van der Waals surface area contributed by atoms with E-state index in [0.717, 1.165) is 11.8 Å². The summed E-state index contributed by atoms with van der Waals surface area (Å²) in [7, 11) is 0. The van der Waals surface area contributed by atoms with Gasteiger partial charge >= 0.3 is 0 Å². The molecule has 0 saturated heterocycles. The van der Waals surface area contributed by atoms with Crippen LogP contribution in [0.1, 0.15) is 5.56 Å². The summed E-state index contributed by atoms with van der Waals surface area (Å²) >= 11 is 1.69. The van der Waals surface area contributed by atoms with Crippen molar-refractivity contribution >= 4 is 24.1 Å². The molecule has 0 atom stereocenters. The Morgan fingerprint density at radius 2 is 2.25 bits per heavy atom. The Labute approximate surface area is 76.5 Å². The van der Waals surface area contributed by atoms with Gasteiger partial charge in [0, 0.05) is 4.90 Å². The van der Waals surface area contributed by atoms with Crippen LogP contribution in [0.3, 0.4) is 0 Å². The molecule has 0 aliphatic carbocycles. The second-order valence-corrected chi connectivity index (χ2v) is 3.15. The lowest BCUT2D eigenvalue weighted by molar-refractivity contribution is -0.104. The molecule has 2 heteroatoms. The Kier molecular flexibility index (Phi) is 3.61. The van der Waals surface area contributed by atoms with Crippen LogP contribution in [0.2, 0.25) is 0 Å². The van der Waals surface area contributed by atoms with Gasteiger partial charge in [0.15, 0.2) is 0 Å². The lowest BCUT2D eigenvalue weighted by atomic mass is 10.2. The van der Waals surface area contributed by atoms with E-state index in [1.165, 1.54) is 11.0 Å². The minimum atomic E-state index is 0.783. The summed E-state index contributed by atoms with van der Waals surface area (Å²) in [6, 6.07) is 8.05. The van der Waals surface area contributed by atoms with Gasteiger partial charge in [0.05, 0.1) is 0 Å². The van der Waals surface area contributed by atoms with Crippen molar-refractivity contribution in [2.75, 3.05) is 6.26 Å². The monoisotopic (exact) mass is 178 g/mol. The van der Waals surface area contributed by atoms with Gasteiger partial charge in [-0.3, -0.25) is 4.79 Å². The Balaban J connectivity index is 2.86. The number of benzene rings is 1. The van der Waals surface area contributed by atoms with Gasteiger partial charge in [-0.2, -0.15) is 0 Å². The SMILES string of the molecule is CSc1cccc(C=CC=O)c1. The van der Waals surface area contributed by atoms with Gasteiger partial charge in [-0.15, -0.1) is 11.8 Å². The minimum Gasteiger partial charge on any atom is -0.299 e. The van der Waals surface area contributed by atoms with E-state index in [4.69, 9.17) is 0 Å². The summed E-state index contributed by atoms with van der Waals surface area (Å²) in [6.07, 6.45) is 6.11. The molecule has 0 bridgehead atoms. The Bertz CT molecular complexity index is 292. The van der Waals surface area contributed by atoms with E-state index in [-0.39, 0.29) is 0 Å². The second kappa shape index (κ2) is 4.78. The third-order valence-electron chi connectivity index (χ3n) is 1.46. The molecule has 0 spiro atoms. The third kappa shape index (κ3) is 2.55. The fourth-order valence-electron chi connectivity index (χ4n) is 0.896. The highest BCUT2D eigenvalue weighted by Crippen LogP contribution is 2.16. The molecule has 1 aromatic rings. The first-order chi connectivity index (χ1) is 5.86. The zero-order chi connectivity index (χ0) is 8.81. The fourth-order valence-corrected chi connectivity index (χ4v) is 1.36. The summed E-state index contributed by atoms with van der Waals surface area (Å²) in [5.74, 6) is 0. The largest absolute Gasteiger partial charge is 0.299 e. The van der Waals surface area contributed by atoms with Crippen LogP contribution >= 0.6 is 11.8 Å². The number of hydrogen-bond donors (Lipinski definition) is 0. The first-order valence-electron chi connectivity index (χ1n) is 3.62. The summed E-state index contributed by atoms with van der Waals surface area (Å²) in [6.45, 7) is 0. The maximum absolute atomic E-state index is 10.0. The van der Waals surface area contributed by atoms with E-state index < -0.39 is 0 Å². The van der Waals surface area contributed by atoms with E-state index in [9.17, 15) is 4.79 Å². The number of carbonyl (C=O) groups is 1. The topological polar surface area (TPSA) is 17.1 Å². The van der Waals surface area contributed by atoms with Crippen molar-refractivity contribution < 1.29 is 4.79 Å². The van der Waals surface area contributed by atoms with Crippen LogP contribution in [0.5, 0.6) is 0 Å². The molecule has 0 fully saturated rings. The molecule has 0 unspecified atom stereocenters. The maximum atomic E-state index is 10.0. The van der Waals surface area contributed by atoms with E-state index in [1.807, 2.05) is 30.5 Å². The highest BCUT2D eigenvalue weighted by molar-refractivity contribution is 7.98. The van der Waals surface area contributed by atoms with E-state index >= 15 is 0 Å². The molecular formula is C10H10OS. The molecule has 0 amide bonds. The quantitative estimate of drug-likeness (QED) is 0.402. The van der Waals surface area contributed by atoms with Gasteiger partial charge < -0.3 is 0 Å². The Morgan fingerprint density at radius 1 is 1.42 bits per heavy atom. The van der Waals surface area contributed by atoms with Crippen LogP contribution in [-0.2, 0) is 4.79 Å². The molecule has 1 rings (SSSR count). The molecule has 0 heterocycles. The van der Waals surface area contributed by atoms with Crippen molar-refractivity contribution in [3.8, 4) is 0 Å². The highest BCUT2D eigenvalue weighted by Gasteiger charge is 1.89. The molecule has 12 heavy (non-hydrogen) atoms. The molecular weight excluding hydrogens is 168 g/mol. The van der Waals surface area contributed by atoms with Crippen LogP contribution in [0.25, 0.3) is 6.08 Å². The lowest BCUT2D eigenvalue weighted by Gasteiger charge is -1.96. The average molecular weight is 178 g/mol. The summed E-state index contributed by atoms with van der Waals surface area (Å²) < 4.78 is 0. The summed E-state index contributed by atoms with van der Waals surface area (Å²) in [5, 5.41) is 0. The van der Waals surface area contributed by atoms with Crippen LogP contribution in [0.4, 0.5) is 0 Å². The van der Waals surface area contributed by atoms with E-state index in [1.54, 1.807) is 17.8 Å². The first-order valence-corrected chi connectivity index (χ1v) is 4.85. The van der Waals surface area contributed by atoms with Crippen molar-refractivity contribution in [2.45, 2.75) is 4.90 Å². The molecule has 0 aromatic heterocycles. The van der Waals surface area contributed by atoms with Crippen molar-refractivity contribution in [1.29, 1.82) is 0 Å². The number of aldehydes is 1. The number of carbonyl (C=O) groups excluding carboxylic acids is 1. The van der Waals surface area contributed by atoms with Crippen LogP contribution in [0, 0.1) is 0 Å². The Hall–Kier alpha value is -1.02. The zero-order valence-electron chi connectivity index (χ0n) is 6.86. The third-order valence-corrected chi connectivity index (χ3v) is 2.19. The highest BCUT2D eigenvalue weighted by atomic mass is 32.2. The number of thioether (sulfide) groups is 1. The van der Waals surface area contributed by atoms with Gasteiger partial charge in [-0.1, -0.05) is 18.2 Å². The van der Waals surface area contributed by atoms with Gasteiger partial charge in [0.1, 0.15) is 6.29 Å². The molecule has 0 radical (unpaired) electrons. The minimum absolute atomic E-state index is 0.783. The molecule has 0 saturated carbocycles. The zero-order valence-corrected chi connectivity index (χ0v) is 7.67. The van der Waals surface area contributed by atoms with E-state index in [0.29, 0.717) is 0 Å². The van der Waals surface area contributed by atoms with Crippen LogP contribution < -0.4 is 0 Å². The Morgan fingerprint density at radius 3 is 2.92 bits per heavy atom. The normalized spacial score (nSPS) is 10.4. The van der Waals surface area contributed by atoms with Gasteiger partial charge in [0.2, 0.25) is 0 Å². The molecule has 1 nitrogen and oxygen atoms in total. The van der Waals surface area contributed by atoms with Crippen molar-refractivity contribution in [2.24, 2.45) is 0 Å². The van der Waals surface area contributed by atoms with Crippen molar-refractivity contribution in [3.05, 3.63) is 35.9 Å². The number of allylic oxidation sites excluding steroid dienone is 1. The average Bonchev–Trinajstić information content (AvgIpc) is 2.15. The maximum Gasteiger partial charge on any atom is 0.142 e. The smallest absolute Gasteiger partial charge is 0.142 e. The molecule has 0 aliphatic heterocycles. The number of rotatable bonds is 3. The standard InChI is InChI=1S/C10H10OS/c1-12-10-6-2-4-9(8-10)5-3-7-11/h2-8H,1H3. The molecule has 62 valence electrons. The van der Waals surface area contributed by atoms with E-state index in [2.05, 4.69) is 0 Å². The molecule has 0 N–H and O–H groups in total.